The molecule has 43 heavy (non-hydrogen) atoms. The molecule has 5 rings (SSSR count). The lowest BCUT2D eigenvalue weighted by atomic mass is 10.1. The Bertz CT molecular complexity index is 1660. The van der Waals surface area contributed by atoms with Gasteiger partial charge in [0, 0.05) is 31.4 Å². The summed E-state index contributed by atoms with van der Waals surface area (Å²) in [6.45, 7) is 11.9. The molecule has 11 nitrogen and oxygen atoms in total. The van der Waals surface area contributed by atoms with Gasteiger partial charge in [0.2, 0.25) is 0 Å². The molecule has 0 atom stereocenters. The quantitative estimate of drug-likeness (QED) is 0.285. The van der Waals surface area contributed by atoms with Crippen LogP contribution in [-0.2, 0) is 17.8 Å². The van der Waals surface area contributed by atoms with Crippen LogP contribution in [0.15, 0.2) is 54.6 Å². The maximum absolute atomic E-state index is 13.9. The highest BCUT2D eigenvalue weighted by molar-refractivity contribution is 6.10. The number of para-hydroxylation sites is 1. The van der Waals surface area contributed by atoms with Gasteiger partial charge in [-0.05, 0) is 71.9 Å². The molecule has 11 heteroatoms. The Kier molecular flexibility index (Phi) is 7.92. The summed E-state index contributed by atoms with van der Waals surface area (Å²) in [7, 11) is 3.61. The second kappa shape index (κ2) is 11.5. The van der Waals surface area contributed by atoms with E-state index in [1.165, 1.54) is 4.90 Å². The fourth-order valence-electron chi connectivity index (χ4n) is 4.85. The SMILES string of the molecule is Cc1nnc(-c2cccc(N3Cc4c(cc(N(C)C(C)C)nc4CN(C)C(=O)OC(C)(C)C)C3=O)n2)n1-c1ccccc1. The minimum atomic E-state index is -0.632. The van der Waals surface area contributed by atoms with Gasteiger partial charge in [-0.25, -0.2) is 14.8 Å². The third-order valence-corrected chi connectivity index (χ3v) is 7.30. The number of hydrogen-bond acceptors (Lipinski definition) is 8. The Labute approximate surface area is 252 Å². The molecule has 0 bridgehead atoms. The molecule has 4 aromatic rings. The minimum absolute atomic E-state index is 0.151. The number of fused-ring (bicyclic) bond motifs is 1. The molecule has 0 aliphatic carbocycles. The molecule has 1 aliphatic rings. The maximum atomic E-state index is 13.9. The first-order valence-corrected chi connectivity index (χ1v) is 14.3. The van der Waals surface area contributed by atoms with Crippen LogP contribution in [0.5, 0.6) is 0 Å². The zero-order valence-electron chi connectivity index (χ0n) is 26.0. The van der Waals surface area contributed by atoms with Crippen LogP contribution in [0, 0.1) is 6.92 Å². The fraction of sp³-hybridized carbons (Fsp3) is 0.375. The summed E-state index contributed by atoms with van der Waals surface area (Å²) in [6.07, 6.45) is -0.459. The number of nitrogens with zero attached hydrogens (tertiary/aromatic N) is 8. The van der Waals surface area contributed by atoms with Crippen LogP contribution in [0.25, 0.3) is 17.2 Å². The first-order valence-electron chi connectivity index (χ1n) is 14.3. The largest absolute Gasteiger partial charge is 0.444 e. The van der Waals surface area contributed by atoms with Crippen LogP contribution >= 0.6 is 0 Å². The maximum Gasteiger partial charge on any atom is 0.410 e. The van der Waals surface area contributed by atoms with Crippen LogP contribution in [0.2, 0.25) is 0 Å². The van der Waals surface area contributed by atoms with E-state index in [1.807, 2.05) is 98.8 Å². The molecule has 4 heterocycles. The first kappa shape index (κ1) is 29.7. The molecular weight excluding hydrogens is 544 g/mol. The zero-order chi connectivity index (χ0) is 31.1. The van der Waals surface area contributed by atoms with Crippen molar-refractivity contribution in [3.05, 3.63) is 77.2 Å². The molecule has 1 aliphatic heterocycles. The number of ether oxygens (including phenoxy) is 1. The molecule has 1 aromatic carbocycles. The number of pyridine rings is 2. The Balaban J connectivity index is 1.51. The number of aryl methyl sites for hydroxylation is 1. The van der Waals surface area contributed by atoms with Crippen LogP contribution < -0.4 is 9.80 Å². The van der Waals surface area contributed by atoms with Gasteiger partial charge >= 0.3 is 6.09 Å². The number of rotatable bonds is 7. The summed E-state index contributed by atoms with van der Waals surface area (Å²) in [4.78, 5) is 41.7. The van der Waals surface area contributed by atoms with Gasteiger partial charge in [-0.15, -0.1) is 10.2 Å². The van der Waals surface area contributed by atoms with E-state index in [4.69, 9.17) is 14.7 Å². The smallest absolute Gasteiger partial charge is 0.410 e. The molecule has 0 radical (unpaired) electrons. The molecule has 0 fully saturated rings. The second-order valence-corrected chi connectivity index (χ2v) is 12.0. The van der Waals surface area contributed by atoms with E-state index in [9.17, 15) is 9.59 Å². The Morgan fingerprint density at radius 2 is 1.74 bits per heavy atom. The summed E-state index contributed by atoms with van der Waals surface area (Å²) in [5.74, 6) is 2.28. The fourth-order valence-corrected chi connectivity index (χ4v) is 4.85. The number of aromatic nitrogens is 5. The molecule has 0 saturated carbocycles. The van der Waals surface area contributed by atoms with E-state index >= 15 is 0 Å². The number of anilines is 2. The number of amides is 2. The summed E-state index contributed by atoms with van der Waals surface area (Å²) in [6, 6.07) is 17.4. The molecule has 3 aromatic heterocycles. The van der Waals surface area contributed by atoms with Crippen molar-refractivity contribution in [3.8, 4) is 17.2 Å². The molecule has 224 valence electrons. The van der Waals surface area contributed by atoms with E-state index in [0.29, 0.717) is 34.4 Å². The van der Waals surface area contributed by atoms with Gasteiger partial charge in [-0.3, -0.25) is 14.3 Å². The van der Waals surface area contributed by atoms with Crippen molar-refractivity contribution in [1.82, 2.24) is 29.6 Å². The summed E-state index contributed by atoms with van der Waals surface area (Å²) in [5, 5.41) is 8.70. The summed E-state index contributed by atoms with van der Waals surface area (Å²) in [5.41, 5.74) is 2.82. The molecule has 2 amide bonds. The van der Waals surface area contributed by atoms with Crippen molar-refractivity contribution >= 4 is 23.6 Å². The van der Waals surface area contributed by atoms with Crippen LogP contribution in [0.1, 0.15) is 62.1 Å². The van der Waals surface area contributed by atoms with Crippen molar-refractivity contribution in [3.63, 3.8) is 0 Å². The number of hydrogen-bond donors (Lipinski definition) is 0. The molecular formula is C32H38N8O3. The van der Waals surface area contributed by atoms with E-state index in [1.54, 1.807) is 11.9 Å². The molecule has 0 spiro atoms. The third-order valence-electron chi connectivity index (χ3n) is 7.30. The molecule has 0 unspecified atom stereocenters. The summed E-state index contributed by atoms with van der Waals surface area (Å²) < 4.78 is 7.51. The van der Waals surface area contributed by atoms with Gasteiger partial charge in [-0.2, -0.15) is 0 Å². The average Bonchev–Trinajstić information content (AvgIpc) is 3.52. The highest BCUT2D eigenvalue weighted by Gasteiger charge is 2.34. The zero-order valence-corrected chi connectivity index (χ0v) is 26.0. The first-order chi connectivity index (χ1) is 20.3. The lowest BCUT2D eigenvalue weighted by Crippen LogP contribution is -2.34. The predicted molar refractivity (Wildman–Crippen MR) is 165 cm³/mol. The normalized spacial score (nSPS) is 13.0. The Morgan fingerprint density at radius 1 is 1.02 bits per heavy atom. The van der Waals surface area contributed by atoms with Gasteiger partial charge < -0.3 is 14.5 Å². The number of benzene rings is 1. The number of carbonyl (C=O) groups is 2. The van der Waals surface area contributed by atoms with Crippen molar-refractivity contribution < 1.29 is 14.3 Å². The van der Waals surface area contributed by atoms with Gasteiger partial charge in [0.15, 0.2) is 5.82 Å². The van der Waals surface area contributed by atoms with Crippen LogP contribution in [-0.4, -0.2) is 67.4 Å². The minimum Gasteiger partial charge on any atom is -0.444 e. The van der Waals surface area contributed by atoms with E-state index in [0.717, 1.165) is 17.1 Å². The van der Waals surface area contributed by atoms with Crippen molar-refractivity contribution in [1.29, 1.82) is 0 Å². The second-order valence-electron chi connectivity index (χ2n) is 12.0. The lowest BCUT2D eigenvalue weighted by molar-refractivity contribution is 0.0282. The van der Waals surface area contributed by atoms with Gasteiger partial charge in [-0.1, -0.05) is 24.3 Å². The van der Waals surface area contributed by atoms with Crippen LogP contribution in [0.4, 0.5) is 16.4 Å². The highest BCUT2D eigenvalue weighted by Crippen LogP contribution is 2.33. The molecule has 0 N–H and O–H groups in total. The van der Waals surface area contributed by atoms with E-state index < -0.39 is 11.7 Å². The number of carbonyl (C=O) groups excluding carboxylic acids is 2. The third kappa shape index (κ3) is 6.06. The standard InChI is InChI=1S/C32H38N8O3/c1-20(2)38(8)28-17-23-24(26(34-28)19-37(7)31(42)43-32(4,5)6)18-39(30(23)41)27-16-12-15-25(33-27)29-36-35-21(3)40(29)22-13-10-9-11-14-22/h9-17,20H,18-19H2,1-8H3. The molecule has 0 saturated heterocycles. The van der Waals surface area contributed by atoms with E-state index in [2.05, 4.69) is 24.0 Å². The van der Waals surface area contributed by atoms with Crippen LogP contribution in [0.3, 0.4) is 0 Å². The van der Waals surface area contributed by atoms with Gasteiger partial charge in [0.1, 0.15) is 28.8 Å². The van der Waals surface area contributed by atoms with Crippen molar-refractivity contribution in [2.45, 2.75) is 66.3 Å². The Morgan fingerprint density at radius 3 is 2.42 bits per heavy atom. The topological polar surface area (TPSA) is 110 Å². The van der Waals surface area contributed by atoms with E-state index in [-0.39, 0.29) is 25.0 Å². The van der Waals surface area contributed by atoms with Crippen molar-refractivity contribution in [2.24, 2.45) is 0 Å². The highest BCUT2D eigenvalue weighted by atomic mass is 16.6. The predicted octanol–water partition coefficient (Wildman–Crippen LogP) is 5.40. The van der Waals surface area contributed by atoms with Gasteiger partial charge in [0.25, 0.3) is 5.91 Å². The summed E-state index contributed by atoms with van der Waals surface area (Å²) >= 11 is 0. The van der Waals surface area contributed by atoms with Gasteiger partial charge in [0.05, 0.1) is 24.3 Å². The Hall–Kier alpha value is -4.80. The monoisotopic (exact) mass is 582 g/mol. The lowest BCUT2D eigenvalue weighted by Gasteiger charge is -2.26. The van der Waals surface area contributed by atoms with Crippen molar-refractivity contribution in [2.75, 3.05) is 23.9 Å². The average molecular weight is 583 g/mol.